The molecule has 0 aliphatic heterocycles. The van der Waals surface area contributed by atoms with Crippen LogP contribution in [0.1, 0.15) is 11.1 Å². The zero-order valence-corrected chi connectivity index (χ0v) is 13.0. The lowest BCUT2D eigenvalue weighted by atomic mass is 10.1. The number of aliphatic hydroxyl groups is 1. The fourth-order valence-electron chi connectivity index (χ4n) is 1.91. The number of hydrogen-bond acceptors (Lipinski definition) is 6. The van der Waals surface area contributed by atoms with Gasteiger partial charge in [0.05, 0.1) is 0 Å². The van der Waals surface area contributed by atoms with Crippen LogP contribution in [-0.2, 0) is 32.3 Å². The molecule has 2 aromatic rings. The van der Waals surface area contributed by atoms with Crippen LogP contribution in [0.5, 0.6) is 0 Å². The van der Waals surface area contributed by atoms with Crippen molar-refractivity contribution in [3.05, 3.63) is 71.8 Å². The highest BCUT2D eigenvalue weighted by Crippen LogP contribution is 2.06. The van der Waals surface area contributed by atoms with E-state index in [9.17, 15) is 14.7 Å². The summed E-state index contributed by atoms with van der Waals surface area (Å²) < 4.78 is 9.94. The lowest BCUT2D eigenvalue weighted by molar-refractivity contribution is -0.163. The molecule has 6 heteroatoms. The maximum Gasteiger partial charge on any atom is 0.337 e. The van der Waals surface area contributed by atoms with Crippen molar-refractivity contribution in [2.45, 2.75) is 25.4 Å². The summed E-state index contributed by atoms with van der Waals surface area (Å²) in [5.74, 6) is -1.84. The third-order valence-electron chi connectivity index (χ3n) is 3.30. The van der Waals surface area contributed by atoms with Crippen molar-refractivity contribution < 1.29 is 24.2 Å². The molecule has 0 radical (unpaired) electrons. The number of aliphatic hydroxyl groups excluding tert-OH is 1. The van der Waals surface area contributed by atoms with Crippen molar-refractivity contribution in [2.24, 2.45) is 5.73 Å². The third-order valence-corrected chi connectivity index (χ3v) is 3.30. The third kappa shape index (κ3) is 5.19. The fourth-order valence-corrected chi connectivity index (χ4v) is 1.91. The van der Waals surface area contributed by atoms with Gasteiger partial charge in [0.2, 0.25) is 0 Å². The smallest absolute Gasteiger partial charge is 0.337 e. The molecule has 126 valence electrons. The minimum atomic E-state index is -1.78. The molecule has 2 rings (SSSR count). The Balaban J connectivity index is 1.80. The molecule has 0 heterocycles. The molecule has 0 aliphatic carbocycles. The van der Waals surface area contributed by atoms with Crippen LogP contribution in [0.4, 0.5) is 0 Å². The predicted molar refractivity (Wildman–Crippen MR) is 86.5 cm³/mol. The first-order valence-electron chi connectivity index (χ1n) is 7.42. The number of nitrogens with two attached hydrogens (primary N) is 1. The van der Waals surface area contributed by atoms with E-state index >= 15 is 0 Å². The molecule has 3 N–H and O–H groups in total. The van der Waals surface area contributed by atoms with Crippen LogP contribution in [0, 0.1) is 0 Å². The standard InChI is InChI=1S/C18H19NO5/c19-15(17(21)23-11-13-7-3-1-4-8-13)16(20)18(22)24-12-14-9-5-2-6-10-14/h1-10,15-16,20H,11-12,19H2/t15-,16+/m1/s1. The predicted octanol–water partition coefficient (Wildman–Crippen LogP) is 1.16. The second kappa shape index (κ2) is 8.81. The summed E-state index contributed by atoms with van der Waals surface area (Å²) in [5, 5.41) is 9.83. The Morgan fingerprint density at radius 2 is 1.25 bits per heavy atom. The summed E-state index contributed by atoms with van der Waals surface area (Å²) in [5.41, 5.74) is 7.11. The Labute approximate surface area is 139 Å². The number of hydrogen-bond donors (Lipinski definition) is 2. The van der Waals surface area contributed by atoms with Gasteiger partial charge in [-0.3, -0.25) is 4.79 Å². The van der Waals surface area contributed by atoms with Crippen LogP contribution in [0.25, 0.3) is 0 Å². The first kappa shape index (κ1) is 17.7. The quantitative estimate of drug-likeness (QED) is 0.740. The number of carbonyl (C=O) groups excluding carboxylic acids is 2. The van der Waals surface area contributed by atoms with E-state index in [0.29, 0.717) is 0 Å². The highest BCUT2D eigenvalue weighted by atomic mass is 16.6. The van der Waals surface area contributed by atoms with Crippen LogP contribution < -0.4 is 5.73 Å². The molecule has 0 aromatic heterocycles. The van der Waals surface area contributed by atoms with Crippen molar-refractivity contribution in [3.63, 3.8) is 0 Å². The van der Waals surface area contributed by atoms with E-state index in [2.05, 4.69) is 0 Å². The normalized spacial score (nSPS) is 12.9. The van der Waals surface area contributed by atoms with E-state index < -0.39 is 24.1 Å². The molecule has 0 bridgehead atoms. The van der Waals surface area contributed by atoms with Crippen molar-refractivity contribution >= 4 is 11.9 Å². The number of ether oxygens (including phenoxy) is 2. The van der Waals surface area contributed by atoms with Gasteiger partial charge in [0.15, 0.2) is 6.10 Å². The van der Waals surface area contributed by atoms with Crippen LogP contribution in [0.3, 0.4) is 0 Å². The molecule has 0 unspecified atom stereocenters. The molecule has 0 saturated heterocycles. The Bertz CT molecular complexity index is 600. The van der Waals surface area contributed by atoms with Crippen molar-refractivity contribution in [1.82, 2.24) is 0 Å². The molecule has 0 aliphatic rings. The van der Waals surface area contributed by atoms with Gasteiger partial charge in [-0.2, -0.15) is 0 Å². The van der Waals surface area contributed by atoms with Gasteiger partial charge in [-0.15, -0.1) is 0 Å². The number of rotatable bonds is 7. The monoisotopic (exact) mass is 329 g/mol. The Morgan fingerprint density at radius 3 is 1.71 bits per heavy atom. The van der Waals surface area contributed by atoms with Crippen LogP contribution in [0.15, 0.2) is 60.7 Å². The van der Waals surface area contributed by atoms with Gasteiger partial charge >= 0.3 is 11.9 Å². The average molecular weight is 329 g/mol. The molecule has 2 atom stereocenters. The molecule has 0 spiro atoms. The minimum absolute atomic E-state index is 0.0114. The molecule has 24 heavy (non-hydrogen) atoms. The summed E-state index contributed by atoms with van der Waals surface area (Å²) in [6, 6.07) is 16.5. The number of carbonyl (C=O) groups is 2. The van der Waals surface area contributed by atoms with Gasteiger partial charge in [0.1, 0.15) is 19.3 Å². The summed E-state index contributed by atoms with van der Waals surface area (Å²) in [6.07, 6.45) is -1.78. The van der Waals surface area contributed by atoms with Gasteiger partial charge in [0.25, 0.3) is 0 Å². The van der Waals surface area contributed by atoms with Gasteiger partial charge in [-0.1, -0.05) is 60.7 Å². The van der Waals surface area contributed by atoms with E-state index in [0.717, 1.165) is 11.1 Å². The summed E-state index contributed by atoms with van der Waals surface area (Å²) in [7, 11) is 0. The van der Waals surface area contributed by atoms with E-state index in [1.165, 1.54) is 0 Å². The first-order chi connectivity index (χ1) is 11.6. The zero-order chi connectivity index (χ0) is 17.4. The van der Waals surface area contributed by atoms with E-state index in [1.807, 2.05) is 12.1 Å². The molecule has 6 nitrogen and oxygen atoms in total. The highest BCUT2D eigenvalue weighted by molar-refractivity contribution is 5.86. The Kier molecular flexibility index (Phi) is 6.48. The lowest BCUT2D eigenvalue weighted by Gasteiger charge is -2.16. The van der Waals surface area contributed by atoms with E-state index in [1.54, 1.807) is 48.5 Å². The summed E-state index contributed by atoms with van der Waals surface area (Å²) in [4.78, 5) is 23.6. The van der Waals surface area contributed by atoms with Gasteiger partial charge < -0.3 is 20.3 Å². The first-order valence-corrected chi connectivity index (χ1v) is 7.42. The van der Waals surface area contributed by atoms with Crippen molar-refractivity contribution in [1.29, 1.82) is 0 Å². The van der Waals surface area contributed by atoms with Gasteiger partial charge in [-0.05, 0) is 11.1 Å². The molecule has 2 aromatic carbocycles. The van der Waals surface area contributed by atoms with Crippen LogP contribution in [-0.4, -0.2) is 29.2 Å². The second-order valence-electron chi connectivity index (χ2n) is 5.16. The number of benzene rings is 2. The maximum atomic E-state index is 11.8. The number of esters is 2. The SMILES string of the molecule is N[C@@H](C(=O)OCc1ccccc1)[C@H](O)C(=O)OCc1ccccc1. The summed E-state index contributed by atoms with van der Waals surface area (Å²) in [6.45, 7) is 0.00166. The topological polar surface area (TPSA) is 98.9 Å². The molecule has 0 saturated carbocycles. The van der Waals surface area contributed by atoms with Crippen molar-refractivity contribution in [2.75, 3.05) is 0 Å². The van der Waals surface area contributed by atoms with E-state index in [4.69, 9.17) is 15.2 Å². The van der Waals surface area contributed by atoms with E-state index in [-0.39, 0.29) is 13.2 Å². The van der Waals surface area contributed by atoms with Gasteiger partial charge in [-0.25, -0.2) is 4.79 Å². The lowest BCUT2D eigenvalue weighted by Crippen LogP contribution is -2.47. The fraction of sp³-hybridized carbons (Fsp3) is 0.222. The Hall–Kier alpha value is -2.70. The molecular weight excluding hydrogens is 310 g/mol. The molecular formula is C18H19NO5. The largest absolute Gasteiger partial charge is 0.460 e. The van der Waals surface area contributed by atoms with Gasteiger partial charge in [0, 0.05) is 0 Å². The minimum Gasteiger partial charge on any atom is -0.460 e. The highest BCUT2D eigenvalue weighted by Gasteiger charge is 2.31. The van der Waals surface area contributed by atoms with Crippen molar-refractivity contribution in [3.8, 4) is 0 Å². The zero-order valence-electron chi connectivity index (χ0n) is 13.0. The Morgan fingerprint density at radius 1 is 0.833 bits per heavy atom. The van der Waals surface area contributed by atoms with Crippen LogP contribution in [0.2, 0.25) is 0 Å². The summed E-state index contributed by atoms with van der Waals surface area (Å²) >= 11 is 0. The van der Waals surface area contributed by atoms with Crippen LogP contribution >= 0.6 is 0 Å². The average Bonchev–Trinajstić information content (AvgIpc) is 2.64. The molecule has 0 fully saturated rings. The second-order valence-corrected chi connectivity index (χ2v) is 5.16. The molecule has 0 amide bonds. The maximum absolute atomic E-state index is 11.8.